The van der Waals surface area contributed by atoms with Crippen LogP contribution >= 0.6 is 22.7 Å². The number of carbonyl (C=O) groups is 2. The van der Waals surface area contributed by atoms with E-state index in [1.165, 1.54) is 53.8 Å². The van der Waals surface area contributed by atoms with Gasteiger partial charge in [-0.3, -0.25) is 9.59 Å². The lowest BCUT2D eigenvalue weighted by Gasteiger charge is -2.21. The van der Waals surface area contributed by atoms with E-state index in [1.54, 1.807) is 12.1 Å². The molecule has 2 aromatic carbocycles. The van der Waals surface area contributed by atoms with Crippen LogP contribution in [0.25, 0.3) is 10.2 Å². The van der Waals surface area contributed by atoms with Crippen molar-refractivity contribution in [1.29, 1.82) is 0 Å². The standard InChI is InChI=1S/C23H16F2N2O3S2/c1-12-2-9-18(31-12)22(30)20(17(29)11-28)21(13-3-5-14(24)6-4-13)27-23-26-16-8-7-15(25)10-19(16)32-23/h2-11,21,29H,1H3,(H,26,27)/b20-17-. The van der Waals surface area contributed by atoms with E-state index in [0.717, 1.165) is 16.2 Å². The summed E-state index contributed by atoms with van der Waals surface area (Å²) in [7, 11) is 0. The third kappa shape index (κ3) is 4.44. The van der Waals surface area contributed by atoms with E-state index in [1.807, 2.05) is 6.92 Å². The maximum atomic E-state index is 13.6. The molecular formula is C23H16F2N2O3S2. The van der Waals surface area contributed by atoms with Gasteiger partial charge in [0.2, 0.25) is 5.78 Å². The Morgan fingerprint density at radius 2 is 1.78 bits per heavy atom. The number of aryl methyl sites for hydroxylation is 1. The fourth-order valence-corrected chi connectivity index (χ4v) is 4.95. The molecule has 1 unspecified atom stereocenters. The van der Waals surface area contributed by atoms with Gasteiger partial charge in [-0.05, 0) is 55.0 Å². The van der Waals surface area contributed by atoms with Crippen LogP contribution in [0.15, 0.2) is 65.9 Å². The highest BCUT2D eigenvalue weighted by Crippen LogP contribution is 2.35. The van der Waals surface area contributed by atoms with Gasteiger partial charge in [0.25, 0.3) is 0 Å². The number of aliphatic hydroxyl groups excluding tert-OH is 1. The number of carbonyl (C=O) groups excluding carboxylic acids is 2. The zero-order valence-corrected chi connectivity index (χ0v) is 18.3. The van der Waals surface area contributed by atoms with Crippen molar-refractivity contribution >= 4 is 50.1 Å². The van der Waals surface area contributed by atoms with Crippen molar-refractivity contribution < 1.29 is 23.5 Å². The number of aromatic nitrogens is 1. The summed E-state index contributed by atoms with van der Waals surface area (Å²) < 4.78 is 27.7. The van der Waals surface area contributed by atoms with Crippen LogP contribution in [0.2, 0.25) is 0 Å². The second-order valence-corrected chi connectivity index (χ2v) is 9.23. The lowest BCUT2D eigenvalue weighted by atomic mass is 9.93. The number of hydrogen-bond acceptors (Lipinski definition) is 7. The molecule has 0 aliphatic heterocycles. The molecule has 9 heteroatoms. The van der Waals surface area contributed by atoms with E-state index in [4.69, 9.17) is 0 Å². The third-order valence-corrected chi connectivity index (χ3v) is 6.66. The normalized spacial score (nSPS) is 13.0. The first-order valence-electron chi connectivity index (χ1n) is 9.43. The summed E-state index contributed by atoms with van der Waals surface area (Å²) in [6, 6.07) is 11.8. The number of benzene rings is 2. The van der Waals surface area contributed by atoms with E-state index >= 15 is 0 Å². The van der Waals surface area contributed by atoms with E-state index in [9.17, 15) is 23.5 Å². The van der Waals surface area contributed by atoms with Crippen LogP contribution in [-0.4, -0.2) is 22.2 Å². The molecule has 32 heavy (non-hydrogen) atoms. The second kappa shape index (κ2) is 8.97. The predicted molar refractivity (Wildman–Crippen MR) is 121 cm³/mol. The molecule has 0 radical (unpaired) electrons. The first-order valence-corrected chi connectivity index (χ1v) is 11.1. The van der Waals surface area contributed by atoms with Crippen LogP contribution in [0.4, 0.5) is 13.9 Å². The van der Waals surface area contributed by atoms with Crippen molar-refractivity contribution in [2.75, 3.05) is 5.32 Å². The Morgan fingerprint density at radius 3 is 2.44 bits per heavy atom. The molecule has 0 saturated heterocycles. The molecule has 1 atom stereocenters. The van der Waals surface area contributed by atoms with Crippen molar-refractivity contribution in [2.24, 2.45) is 0 Å². The average Bonchev–Trinajstić information content (AvgIpc) is 3.38. The van der Waals surface area contributed by atoms with Gasteiger partial charge in [-0.2, -0.15) is 0 Å². The van der Waals surface area contributed by atoms with E-state index in [0.29, 0.717) is 25.8 Å². The number of allylic oxidation sites excluding steroid dienone is 1. The number of nitrogens with zero attached hydrogens (tertiary/aromatic N) is 1. The number of ketones is 1. The van der Waals surface area contributed by atoms with E-state index in [2.05, 4.69) is 10.3 Å². The first-order chi connectivity index (χ1) is 15.4. The van der Waals surface area contributed by atoms with Gasteiger partial charge < -0.3 is 10.4 Å². The Kier molecular flexibility index (Phi) is 6.11. The summed E-state index contributed by atoms with van der Waals surface area (Å²) >= 11 is 2.37. The van der Waals surface area contributed by atoms with Crippen LogP contribution in [0, 0.1) is 18.6 Å². The van der Waals surface area contributed by atoms with Gasteiger partial charge >= 0.3 is 0 Å². The molecule has 4 rings (SSSR count). The maximum absolute atomic E-state index is 13.6. The van der Waals surface area contributed by atoms with Crippen molar-refractivity contribution in [2.45, 2.75) is 13.0 Å². The molecule has 0 spiro atoms. The monoisotopic (exact) mass is 470 g/mol. The molecular weight excluding hydrogens is 454 g/mol. The number of thiophene rings is 1. The fourth-order valence-electron chi connectivity index (χ4n) is 3.21. The lowest BCUT2D eigenvalue weighted by Crippen LogP contribution is -2.21. The maximum Gasteiger partial charge on any atom is 0.205 e. The summed E-state index contributed by atoms with van der Waals surface area (Å²) in [5.41, 5.74) is 0.780. The summed E-state index contributed by atoms with van der Waals surface area (Å²) in [6.07, 6.45) is 0.194. The molecule has 0 aliphatic rings. The molecule has 162 valence electrons. The molecule has 2 heterocycles. The van der Waals surface area contributed by atoms with Crippen LogP contribution < -0.4 is 5.32 Å². The number of rotatable bonds is 7. The third-order valence-electron chi connectivity index (χ3n) is 4.71. The smallest absolute Gasteiger partial charge is 0.205 e. The van der Waals surface area contributed by atoms with Crippen molar-refractivity contribution in [3.8, 4) is 0 Å². The molecule has 0 aliphatic carbocycles. The number of thiazole rings is 1. The largest absolute Gasteiger partial charge is 0.504 e. The molecule has 2 N–H and O–H groups in total. The van der Waals surface area contributed by atoms with Crippen molar-refractivity contribution in [3.05, 3.63) is 92.9 Å². The highest BCUT2D eigenvalue weighted by atomic mass is 32.1. The number of Topliss-reactive ketones (excluding diaryl/α,β-unsaturated/α-hetero) is 1. The Morgan fingerprint density at radius 1 is 1.06 bits per heavy atom. The first kappa shape index (κ1) is 21.8. The molecule has 0 bridgehead atoms. The average molecular weight is 471 g/mol. The zero-order valence-electron chi connectivity index (χ0n) is 16.6. The summed E-state index contributed by atoms with van der Waals surface area (Å²) in [5.74, 6) is -2.17. The number of anilines is 1. The number of hydrogen-bond donors (Lipinski definition) is 2. The fraction of sp³-hybridized carbons (Fsp3) is 0.0870. The van der Waals surface area contributed by atoms with Crippen LogP contribution in [-0.2, 0) is 4.79 Å². The molecule has 0 fully saturated rings. The molecule has 4 aromatic rings. The van der Waals surface area contributed by atoms with Crippen LogP contribution in [0.1, 0.15) is 26.2 Å². The van der Waals surface area contributed by atoms with E-state index < -0.39 is 29.2 Å². The molecule has 5 nitrogen and oxygen atoms in total. The summed E-state index contributed by atoms with van der Waals surface area (Å²) in [4.78, 5) is 30.4. The number of fused-ring (bicyclic) bond motifs is 1. The molecule has 2 aromatic heterocycles. The van der Waals surface area contributed by atoms with Gasteiger partial charge in [-0.15, -0.1) is 11.3 Å². The minimum absolute atomic E-state index is 0.194. The summed E-state index contributed by atoms with van der Waals surface area (Å²) in [6.45, 7) is 1.83. The van der Waals surface area contributed by atoms with Gasteiger partial charge in [0.1, 0.15) is 11.6 Å². The van der Waals surface area contributed by atoms with Crippen molar-refractivity contribution in [1.82, 2.24) is 4.98 Å². The van der Waals surface area contributed by atoms with Crippen LogP contribution in [0.3, 0.4) is 0 Å². The number of aldehydes is 1. The number of nitrogens with one attached hydrogen (secondary N) is 1. The SMILES string of the molecule is Cc1ccc(C(=O)/C(=C(\O)C=O)C(Nc2nc3ccc(F)cc3s2)c2ccc(F)cc2)s1. The van der Waals surface area contributed by atoms with Crippen LogP contribution in [0.5, 0.6) is 0 Å². The zero-order chi connectivity index (χ0) is 22.8. The topological polar surface area (TPSA) is 79.3 Å². The Bertz CT molecular complexity index is 1340. The Labute approximate surface area is 189 Å². The van der Waals surface area contributed by atoms with Crippen molar-refractivity contribution in [3.63, 3.8) is 0 Å². The van der Waals surface area contributed by atoms with Gasteiger partial charge in [0.15, 0.2) is 17.2 Å². The quantitative estimate of drug-likeness (QED) is 0.150. The number of halogens is 2. The van der Waals surface area contributed by atoms with Gasteiger partial charge in [-0.1, -0.05) is 23.5 Å². The predicted octanol–water partition coefficient (Wildman–Crippen LogP) is 5.99. The number of aliphatic hydroxyl groups is 1. The highest BCUT2D eigenvalue weighted by Gasteiger charge is 2.29. The summed E-state index contributed by atoms with van der Waals surface area (Å²) in [5, 5.41) is 13.8. The van der Waals surface area contributed by atoms with Gasteiger partial charge in [-0.25, -0.2) is 13.8 Å². The highest BCUT2D eigenvalue weighted by molar-refractivity contribution is 7.22. The van der Waals surface area contributed by atoms with E-state index in [-0.39, 0.29) is 11.9 Å². The van der Waals surface area contributed by atoms with Gasteiger partial charge in [0.05, 0.1) is 26.7 Å². The Hall–Kier alpha value is -3.43. The minimum Gasteiger partial charge on any atom is -0.504 e. The van der Waals surface area contributed by atoms with Gasteiger partial charge in [0, 0.05) is 4.88 Å². The molecule has 0 amide bonds. The lowest BCUT2D eigenvalue weighted by molar-refractivity contribution is -0.107. The second-order valence-electron chi connectivity index (χ2n) is 6.92. The molecule has 0 saturated carbocycles. The minimum atomic E-state index is -1.01. The Balaban J connectivity index is 1.83.